The van der Waals surface area contributed by atoms with E-state index in [4.69, 9.17) is 9.47 Å². The molecule has 8 heavy (non-hydrogen) atoms. The van der Waals surface area contributed by atoms with Crippen LogP contribution >= 0.6 is 0 Å². The van der Waals surface area contributed by atoms with E-state index in [1.807, 2.05) is 7.05 Å². The van der Waals surface area contributed by atoms with E-state index in [0.717, 1.165) is 6.61 Å². The van der Waals surface area contributed by atoms with Gasteiger partial charge in [-0.1, -0.05) is 0 Å². The van der Waals surface area contributed by atoms with Gasteiger partial charge < -0.3 is 9.47 Å². The van der Waals surface area contributed by atoms with Crippen molar-refractivity contribution in [3.05, 3.63) is 0 Å². The summed E-state index contributed by atoms with van der Waals surface area (Å²) in [6.07, 6.45) is 0.115. The fourth-order valence-corrected chi connectivity index (χ4v) is 0.654. The van der Waals surface area contributed by atoms with Crippen LogP contribution in [0.15, 0.2) is 0 Å². The molecule has 0 spiro atoms. The Bertz CT molecular complexity index is 61.4. The Morgan fingerprint density at radius 2 is 2.38 bits per heavy atom. The van der Waals surface area contributed by atoms with E-state index in [1.54, 1.807) is 0 Å². The van der Waals surface area contributed by atoms with E-state index in [2.05, 4.69) is 5.32 Å². The molecule has 48 valence electrons. The van der Waals surface area contributed by atoms with Gasteiger partial charge in [0.15, 0.2) is 0 Å². The van der Waals surface area contributed by atoms with Crippen molar-refractivity contribution < 1.29 is 9.47 Å². The van der Waals surface area contributed by atoms with E-state index in [1.165, 1.54) is 0 Å². The van der Waals surface area contributed by atoms with Gasteiger partial charge in [0.1, 0.15) is 6.23 Å². The summed E-state index contributed by atoms with van der Waals surface area (Å²) in [4.78, 5) is 0. The van der Waals surface area contributed by atoms with Crippen molar-refractivity contribution in [2.75, 3.05) is 26.9 Å². The maximum atomic E-state index is 5.19. The summed E-state index contributed by atoms with van der Waals surface area (Å²) in [7, 11) is 1.86. The van der Waals surface area contributed by atoms with Gasteiger partial charge in [0.05, 0.1) is 19.8 Å². The smallest absolute Gasteiger partial charge is 0.131 e. The van der Waals surface area contributed by atoms with Crippen LogP contribution in [-0.2, 0) is 9.47 Å². The predicted octanol–water partition coefficient (Wildman–Crippen LogP) is -0.421. The van der Waals surface area contributed by atoms with Gasteiger partial charge in [-0.15, -0.1) is 0 Å². The minimum absolute atomic E-state index is 0.115. The Hall–Kier alpha value is -0.120. The molecule has 0 radical (unpaired) electrons. The zero-order chi connectivity index (χ0) is 5.82. The predicted molar refractivity (Wildman–Crippen MR) is 29.6 cm³/mol. The minimum atomic E-state index is 0.115. The van der Waals surface area contributed by atoms with Crippen molar-refractivity contribution in [2.24, 2.45) is 0 Å². The van der Waals surface area contributed by atoms with Crippen molar-refractivity contribution in [3.63, 3.8) is 0 Å². The van der Waals surface area contributed by atoms with Gasteiger partial charge in [0.25, 0.3) is 0 Å². The van der Waals surface area contributed by atoms with Gasteiger partial charge in [0.2, 0.25) is 0 Å². The molecular formula is C5H11NO2. The van der Waals surface area contributed by atoms with Crippen molar-refractivity contribution in [1.82, 2.24) is 5.32 Å². The molecule has 0 unspecified atom stereocenters. The number of likely N-dealkylation sites (N-methyl/N-ethyl adjacent to an activating group) is 1. The number of hydrogen-bond acceptors (Lipinski definition) is 3. The highest BCUT2D eigenvalue weighted by atomic mass is 16.6. The molecule has 1 aliphatic heterocycles. The lowest BCUT2D eigenvalue weighted by molar-refractivity contribution is -0.0984. The van der Waals surface area contributed by atoms with Crippen molar-refractivity contribution in [3.8, 4) is 0 Å². The van der Waals surface area contributed by atoms with Crippen molar-refractivity contribution in [2.45, 2.75) is 6.23 Å². The molecule has 0 amide bonds. The standard InChI is InChI=1S/C5H11NO2/c1-6-5-4-7-2-3-8-5/h5-6H,2-4H2,1H3/t5-/m1/s1. The molecule has 1 aliphatic rings. The second-order valence-corrected chi connectivity index (χ2v) is 1.72. The Balaban J connectivity index is 2.13. The third kappa shape index (κ3) is 1.43. The van der Waals surface area contributed by atoms with Gasteiger partial charge in [0, 0.05) is 0 Å². The van der Waals surface area contributed by atoms with E-state index < -0.39 is 0 Å². The van der Waals surface area contributed by atoms with Crippen LogP contribution in [0.2, 0.25) is 0 Å². The molecule has 0 aromatic rings. The highest BCUT2D eigenvalue weighted by Crippen LogP contribution is 1.94. The third-order valence-electron chi connectivity index (χ3n) is 1.14. The van der Waals surface area contributed by atoms with Crippen molar-refractivity contribution in [1.29, 1.82) is 0 Å². The van der Waals surface area contributed by atoms with E-state index in [0.29, 0.717) is 13.2 Å². The quantitative estimate of drug-likeness (QED) is 0.506. The maximum Gasteiger partial charge on any atom is 0.131 e. The van der Waals surface area contributed by atoms with E-state index >= 15 is 0 Å². The zero-order valence-electron chi connectivity index (χ0n) is 5.02. The highest BCUT2D eigenvalue weighted by Gasteiger charge is 2.09. The molecular weight excluding hydrogens is 106 g/mol. The summed E-state index contributed by atoms with van der Waals surface area (Å²) in [5.41, 5.74) is 0. The van der Waals surface area contributed by atoms with Crippen LogP contribution in [0.4, 0.5) is 0 Å². The monoisotopic (exact) mass is 117 g/mol. The number of rotatable bonds is 1. The van der Waals surface area contributed by atoms with Crippen LogP contribution in [0.5, 0.6) is 0 Å². The minimum Gasteiger partial charge on any atom is -0.375 e. The van der Waals surface area contributed by atoms with Crippen molar-refractivity contribution >= 4 is 0 Å². The lowest BCUT2D eigenvalue weighted by atomic mass is 10.5. The average molecular weight is 117 g/mol. The van der Waals surface area contributed by atoms with Crippen LogP contribution in [0, 0.1) is 0 Å². The van der Waals surface area contributed by atoms with Crippen LogP contribution in [0.25, 0.3) is 0 Å². The first-order valence-corrected chi connectivity index (χ1v) is 2.80. The molecule has 1 rings (SSSR count). The SMILES string of the molecule is CN[C@H]1COCCO1. The summed E-state index contributed by atoms with van der Waals surface area (Å²) < 4.78 is 10.3. The molecule has 1 fully saturated rings. The fraction of sp³-hybridized carbons (Fsp3) is 1.00. The summed E-state index contributed by atoms with van der Waals surface area (Å²) in [6, 6.07) is 0. The topological polar surface area (TPSA) is 30.5 Å². The van der Waals surface area contributed by atoms with Gasteiger partial charge in [-0.05, 0) is 7.05 Å². The van der Waals surface area contributed by atoms with Crippen LogP contribution < -0.4 is 5.32 Å². The fourth-order valence-electron chi connectivity index (χ4n) is 0.654. The Labute approximate surface area is 49.0 Å². The summed E-state index contributed by atoms with van der Waals surface area (Å²) >= 11 is 0. The molecule has 3 nitrogen and oxygen atoms in total. The Morgan fingerprint density at radius 3 is 2.75 bits per heavy atom. The van der Waals surface area contributed by atoms with Gasteiger partial charge in [-0.25, -0.2) is 0 Å². The summed E-state index contributed by atoms with van der Waals surface area (Å²) in [6.45, 7) is 2.13. The average Bonchev–Trinajstić information content (AvgIpc) is 1.90. The van der Waals surface area contributed by atoms with Gasteiger partial charge >= 0.3 is 0 Å². The molecule has 1 N–H and O–H groups in total. The van der Waals surface area contributed by atoms with E-state index in [9.17, 15) is 0 Å². The first-order valence-electron chi connectivity index (χ1n) is 2.80. The second kappa shape index (κ2) is 3.02. The van der Waals surface area contributed by atoms with Gasteiger partial charge in [-0.3, -0.25) is 5.32 Å². The number of hydrogen-bond donors (Lipinski definition) is 1. The highest BCUT2D eigenvalue weighted by molar-refractivity contribution is 4.53. The molecule has 0 aliphatic carbocycles. The summed E-state index contributed by atoms with van der Waals surface area (Å²) in [5, 5.41) is 2.96. The number of ether oxygens (including phenoxy) is 2. The molecule has 0 aromatic heterocycles. The van der Waals surface area contributed by atoms with Crippen LogP contribution in [0.3, 0.4) is 0 Å². The largest absolute Gasteiger partial charge is 0.375 e. The molecule has 3 heteroatoms. The molecule has 0 aromatic carbocycles. The second-order valence-electron chi connectivity index (χ2n) is 1.72. The Kier molecular flexibility index (Phi) is 2.27. The summed E-state index contributed by atoms with van der Waals surface area (Å²) in [5.74, 6) is 0. The molecule has 1 atom stereocenters. The first kappa shape index (κ1) is 6.01. The number of nitrogens with one attached hydrogen (secondary N) is 1. The van der Waals surface area contributed by atoms with Crippen LogP contribution in [-0.4, -0.2) is 33.1 Å². The van der Waals surface area contributed by atoms with Gasteiger partial charge in [-0.2, -0.15) is 0 Å². The maximum absolute atomic E-state index is 5.19. The lowest BCUT2D eigenvalue weighted by Crippen LogP contribution is -2.38. The molecule has 0 saturated carbocycles. The Morgan fingerprint density at radius 1 is 1.50 bits per heavy atom. The van der Waals surface area contributed by atoms with Crippen LogP contribution in [0.1, 0.15) is 0 Å². The molecule has 0 bridgehead atoms. The third-order valence-corrected chi connectivity index (χ3v) is 1.14. The zero-order valence-corrected chi connectivity index (χ0v) is 5.02. The van der Waals surface area contributed by atoms with E-state index in [-0.39, 0.29) is 6.23 Å². The first-order chi connectivity index (χ1) is 3.93. The lowest BCUT2D eigenvalue weighted by Gasteiger charge is -2.21. The molecule has 1 heterocycles. The normalized spacial score (nSPS) is 30.4. The molecule has 1 saturated heterocycles.